The summed E-state index contributed by atoms with van der Waals surface area (Å²) in [7, 11) is -2.29. The van der Waals surface area contributed by atoms with Crippen LogP contribution in [0.25, 0.3) is 0 Å². The number of hydrogen-bond donors (Lipinski definition) is 0. The minimum absolute atomic E-state index is 0.331. The van der Waals surface area contributed by atoms with Gasteiger partial charge in [-0.05, 0) is 18.1 Å². The molecule has 0 rings (SSSR count). The number of amides is 1. The minimum Gasteiger partial charge on any atom is -0.502 e. The molecule has 0 aliphatic heterocycles. The van der Waals surface area contributed by atoms with Crippen molar-refractivity contribution in [2.75, 3.05) is 13.1 Å². The first-order valence-corrected chi connectivity index (χ1v) is 9.14. The second kappa shape index (κ2) is 10.0. The zero-order valence-corrected chi connectivity index (χ0v) is 13.2. The first-order valence-electron chi connectivity index (χ1n) is 6.61. The van der Waals surface area contributed by atoms with Crippen LogP contribution in [0.2, 0.25) is 18.1 Å². The van der Waals surface area contributed by atoms with Gasteiger partial charge in [0, 0.05) is 13.1 Å². The Labute approximate surface area is 123 Å². The molecule has 0 unspecified atom stereocenters. The Morgan fingerprint density at radius 1 is 0.850 bits per heavy atom. The third-order valence-corrected chi connectivity index (χ3v) is 6.52. The van der Waals surface area contributed by atoms with E-state index in [1.165, 1.54) is 0 Å². The van der Waals surface area contributed by atoms with E-state index in [1.54, 1.807) is 35.3 Å². The van der Waals surface area contributed by atoms with Crippen molar-refractivity contribution >= 4 is 14.4 Å². The number of hydrogen-bond acceptors (Lipinski definition) is 2. The van der Waals surface area contributed by atoms with Gasteiger partial charge in [0.2, 0.25) is 0 Å². The van der Waals surface area contributed by atoms with Gasteiger partial charge in [0.05, 0.1) is 0 Å². The van der Waals surface area contributed by atoms with Gasteiger partial charge in [-0.25, -0.2) is 4.79 Å². The first-order chi connectivity index (χ1) is 9.59. The molecule has 0 N–H and O–H groups in total. The molecule has 0 aliphatic carbocycles. The van der Waals surface area contributed by atoms with Crippen molar-refractivity contribution in [3.8, 4) is 0 Å². The van der Waals surface area contributed by atoms with Gasteiger partial charge < -0.3 is 9.33 Å². The molecule has 3 nitrogen and oxygen atoms in total. The monoisotopic (exact) mass is 291 g/mol. The molecule has 0 aromatic rings. The van der Waals surface area contributed by atoms with Crippen LogP contribution in [0, 0.1) is 0 Å². The normalized spacial score (nSPS) is 10.2. The van der Waals surface area contributed by atoms with Gasteiger partial charge >= 0.3 is 6.09 Å². The van der Waals surface area contributed by atoms with Gasteiger partial charge in [-0.1, -0.05) is 30.4 Å². The van der Waals surface area contributed by atoms with E-state index in [4.69, 9.17) is 4.43 Å². The van der Waals surface area contributed by atoms with Crippen molar-refractivity contribution < 1.29 is 9.22 Å². The molecule has 4 heteroatoms. The Morgan fingerprint density at radius 3 is 1.55 bits per heavy atom. The maximum atomic E-state index is 12.3. The lowest BCUT2D eigenvalue weighted by Crippen LogP contribution is -2.44. The van der Waals surface area contributed by atoms with E-state index in [1.807, 2.05) is 0 Å². The van der Waals surface area contributed by atoms with Crippen LogP contribution < -0.4 is 0 Å². The van der Waals surface area contributed by atoms with Gasteiger partial charge in [0.1, 0.15) is 0 Å². The molecule has 110 valence electrons. The predicted molar refractivity (Wildman–Crippen MR) is 89.2 cm³/mol. The summed E-state index contributed by atoms with van der Waals surface area (Å²) in [5, 5.41) is 0. The number of carbonyl (C=O) groups is 1. The van der Waals surface area contributed by atoms with E-state index in [2.05, 4.69) is 32.9 Å². The molecule has 0 radical (unpaired) electrons. The number of carbonyl (C=O) groups excluding carboxylic acids is 1. The Balaban J connectivity index is 5.08. The SMILES string of the molecule is C=CCN(CC=C)C(=O)O[Si](CC=C)(CC=C)CC=C. The molecular weight excluding hydrogens is 266 g/mol. The molecule has 0 saturated heterocycles. The fourth-order valence-corrected chi connectivity index (χ4v) is 4.78. The van der Waals surface area contributed by atoms with Crippen LogP contribution in [0.1, 0.15) is 0 Å². The van der Waals surface area contributed by atoms with E-state index >= 15 is 0 Å². The Kier molecular flexibility index (Phi) is 9.12. The summed E-state index contributed by atoms with van der Waals surface area (Å²) in [5.74, 6) is 0. The molecule has 0 heterocycles. The molecular formula is C16H25NO2Si. The summed E-state index contributed by atoms with van der Waals surface area (Å²) >= 11 is 0. The summed E-state index contributed by atoms with van der Waals surface area (Å²) in [6.45, 7) is 19.5. The zero-order valence-electron chi connectivity index (χ0n) is 12.2. The third kappa shape index (κ3) is 5.89. The molecule has 0 aromatic heterocycles. The Morgan fingerprint density at radius 2 is 1.25 bits per heavy atom. The van der Waals surface area contributed by atoms with Gasteiger partial charge in [-0.15, -0.1) is 32.9 Å². The van der Waals surface area contributed by atoms with E-state index in [9.17, 15) is 4.79 Å². The van der Waals surface area contributed by atoms with Crippen molar-refractivity contribution in [1.29, 1.82) is 0 Å². The fourth-order valence-electron chi connectivity index (χ4n) is 1.95. The summed E-state index contributed by atoms with van der Waals surface area (Å²) in [5.41, 5.74) is 0. The highest BCUT2D eigenvalue weighted by Crippen LogP contribution is 2.25. The summed E-state index contributed by atoms with van der Waals surface area (Å²) in [4.78, 5) is 13.9. The molecule has 1 amide bonds. The van der Waals surface area contributed by atoms with Crippen LogP contribution in [0.5, 0.6) is 0 Å². The average Bonchev–Trinajstić information content (AvgIpc) is 2.39. The Bertz CT molecular complexity index is 340. The highest BCUT2D eigenvalue weighted by Gasteiger charge is 2.36. The summed E-state index contributed by atoms with van der Waals surface area (Å²) < 4.78 is 5.84. The van der Waals surface area contributed by atoms with Crippen molar-refractivity contribution in [2.24, 2.45) is 0 Å². The molecule has 0 fully saturated rings. The molecule has 20 heavy (non-hydrogen) atoms. The van der Waals surface area contributed by atoms with Crippen LogP contribution >= 0.6 is 0 Å². The lowest BCUT2D eigenvalue weighted by atomic mass is 10.5. The quantitative estimate of drug-likeness (QED) is 0.419. The third-order valence-electron chi connectivity index (χ3n) is 2.81. The second-order valence-electron chi connectivity index (χ2n) is 4.51. The van der Waals surface area contributed by atoms with E-state index in [-0.39, 0.29) is 6.09 Å². The molecule has 0 aromatic carbocycles. The van der Waals surface area contributed by atoms with Crippen molar-refractivity contribution in [1.82, 2.24) is 4.90 Å². The highest BCUT2D eigenvalue weighted by molar-refractivity contribution is 6.76. The number of nitrogens with zero attached hydrogens (tertiary/aromatic N) is 1. The lowest BCUT2D eigenvalue weighted by molar-refractivity contribution is 0.159. The van der Waals surface area contributed by atoms with Crippen molar-refractivity contribution in [3.05, 3.63) is 63.3 Å². The van der Waals surface area contributed by atoms with E-state index in [0.29, 0.717) is 31.2 Å². The van der Waals surface area contributed by atoms with Crippen LogP contribution in [0.3, 0.4) is 0 Å². The standard InChI is InChI=1S/C16H25NO2Si/c1-6-11-17(12-7-2)16(18)19-20(13-8-3,14-9-4)15-10-5/h6-10H,1-5,11-15H2. The van der Waals surface area contributed by atoms with Crippen molar-refractivity contribution in [3.63, 3.8) is 0 Å². The summed E-state index contributed by atoms with van der Waals surface area (Å²) in [6.07, 6.45) is 8.42. The predicted octanol–water partition coefficient (Wildman–Crippen LogP) is 4.30. The van der Waals surface area contributed by atoms with Crippen LogP contribution in [0.15, 0.2) is 63.3 Å². The van der Waals surface area contributed by atoms with Crippen molar-refractivity contribution in [2.45, 2.75) is 18.1 Å². The van der Waals surface area contributed by atoms with Crippen LogP contribution in [-0.4, -0.2) is 32.4 Å². The first kappa shape index (κ1) is 18.2. The van der Waals surface area contributed by atoms with Gasteiger partial charge in [-0.2, -0.15) is 0 Å². The minimum atomic E-state index is -2.29. The summed E-state index contributed by atoms with van der Waals surface area (Å²) in [6, 6.07) is 2.06. The maximum absolute atomic E-state index is 12.3. The zero-order chi connectivity index (χ0) is 15.4. The molecule has 0 bridgehead atoms. The van der Waals surface area contributed by atoms with Gasteiger partial charge in [-0.3, -0.25) is 0 Å². The number of rotatable bonds is 11. The maximum Gasteiger partial charge on any atom is 0.396 e. The average molecular weight is 291 g/mol. The van der Waals surface area contributed by atoms with Gasteiger partial charge in [0.25, 0.3) is 8.32 Å². The topological polar surface area (TPSA) is 29.5 Å². The molecule has 0 aliphatic rings. The molecule has 0 spiro atoms. The lowest BCUT2D eigenvalue weighted by Gasteiger charge is -2.31. The largest absolute Gasteiger partial charge is 0.502 e. The second-order valence-corrected chi connectivity index (χ2v) is 8.31. The smallest absolute Gasteiger partial charge is 0.396 e. The molecule has 0 saturated carbocycles. The fraction of sp³-hybridized carbons (Fsp3) is 0.312. The van der Waals surface area contributed by atoms with Gasteiger partial charge in [0.15, 0.2) is 0 Å². The Hall–Kier alpha value is -1.81. The molecule has 0 atom stereocenters. The number of allylic oxidation sites excluding steroid dienone is 3. The van der Waals surface area contributed by atoms with Crippen LogP contribution in [0.4, 0.5) is 4.79 Å². The van der Waals surface area contributed by atoms with Crippen LogP contribution in [-0.2, 0) is 4.43 Å². The van der Waals surface area contributed by atoms with E-state index < -0.39 is 8.32 Å². The highest BCUT2D eigenvalue weighted by atomic mass is 28.4. The van der Waals surface area contributed by atoms with E-state index in [0.717, 1.165) is 0 Å².